The van der Waals surface area contributed by atoms with Crippen molar-refractivity contribution in [3.8, 4) is 5.75 Å². The van der Waals surface area contributed by atoms with Crippen molar-refractivity contribution in [3.05, 3.63) is 29.8 Å². The Bertz CT molecular complexity index is 527. The molecule has 114 valence electrons. The predicted molar refractivity (Wildman–Crippen MR) is 78.9 cm³/mol. The summed E-state index contributed by atoms with van der Waals surface area (Å²) in [5.41, 5.74) is 6.95. The Labute approximate surface area is 124 Å². The molecule has 0 aromatic heterocycles. The smallest absolute Gasteiger partial charge is 0.327 e. The number of nitrogens with two attached hydrogens (primary N) is 1. The summed E-state index contributed by atoms with van der Waals surface area (Å²) in [6.07, 6.45) is 0.111. The summed E-state index contributed by atoms with van der Waals surface area (Å²) >= 11 is 0. The molecule has 0 aliphatic carbocycles. The number of nitrogens with zero attached hydrogens (tertiary/aromatic N) is 2. The maximum absolute atomic E-state index is 11.8. The van der Waals surface area contributed by atoms with Crippen molar-refractivity contribution in [2.75, 3.05) is 20.1 Å². The molecule has 1 heterocycles. The van der Waals surface area contributed by atoms with Crippen molar-refractivity contribution in [3.63, 3.8) is 0 Å². The molecular formula is C15H21N3O3. The standard InChI is InChI=1S/C15H21N3O3/c1-10(2)21-12-6-4-11(5-7-12)13(16)8-18-14(19)9-17(3)15(18)20/h4-7,10,13H,8-9,16H2,1-3H3. The van der Waals surface area contributed by atoms with Gasteiger partial charge in [0.25, 0.3) is 0 Å². The normalized spacial score (nSPS) is 16.8. The number of rotatable bonds is 5. The van der Waals surface area contributed by atoms with Crippen LogP contribution in [-0.2, 0) is 4.79 Å². The first-order valence-corrected chi connectivity index (χ1v) is 6.96. The molecule has 1 aromatic carbocycles. The number of urea groups is 1. The van der Waals surface area contributed by atoms with Gasteiger partial charge in [0, 0.05) is 19.6 Å². The van der Waals surface area contributed by atoms with Crippen molar-refractivity contribution >= 4 is 11.9 Å². The molecule has 1 aliphatic rings. The molecule has 0 radical (unpaired) electrons. The van der Waals surface area contributed by atoms with Crippen LogP contribution in [0.3, 0.4) is 0 Å². The molecule has 0 spiro atoms. The van der Waals surface area contributed by atoms with Gasteiger partial charge in [-0.15, -0.1) is 0 Å². The summed E-state index contributed by atoms with van der Waals surface area (Å²) in [7, 11) is 1.60. The maximum Gasteiger partial charge on any atom is 0.327 e. The molecule has 6 heteroatoms. The van der Waals surface area contributed by atoms with E-state index in [1.54, 1.807) is 7.05 Å². The second-order valence-corrected chi connectivity index (χ2v) is 5.49. The van der Waals surface area contributed by atoms with Crippen molar-refractivity contribution in [1.29, 1.82) is 0 Å². The third-order valence-electron chi connectivity index (χ3n) is 3.29. The fourth-order valence-corrected chi connectivity index (χ4v) is 2.22. The first kappa shape index (κ1) is 15.3. The van der Waals surface area contributed by atoms with E-state index >= 15 is 0 Å². The number of benzene rings is 1. The number of likely N-dealkylation sites (N-methyl/N-ethyl adjacent to an activating group) is 1. The van der Waals surface area contributed by atoms with Gasteiger partial charge in [0.2, 0.25) is 5.91 Å². The summed E-state index contributed by atoms with van der Waals surface area (Å²) in [4.78, 5) is 26.1. The zero-order valence-electron chi connectivity index (χ0n) is 12.6. The minimum Gasteiger partial charge on any atom is -0.491 e. The van der Waals surface area contributed by atoms with E-state index in [0.717, 1.165) is 11.3 Å². The van der Waals surface area contributed by atoms with Gasteiger partial charge in [-0.05, 0) is 31.5 Å². The lowest BCUT2D eigenvalue weighted by atomic mass is 10.1. The van der Waals surface area contributed by atoms with Gasteiger partial charge < -0.3 is 15.4 Å². The van der Waals surface area contributed by atoms with Crippen LogP contribution in [0.5, 0.6) is 5.75 Å². The third kappa shape index (κ3) is 3.52. The Balaban J connectivity index is 2.02. The topological polar surface area (TPSA) is 75.9 Å². The van der Waals surface area contributed by atoms with Gasteiger partial charge in [0.15, 0.2) is 0 Å². The van der Waals surface area contributed by atoms with E-state index in [4.69, 9.17) is 10.5 Å². The zero-order valence-corrected chi connectivity index (χ0v) is 12.6. The van der Waals surface area contributed by atoms with Gasteiger partial charge in [-0.25, -0.2) is 4.79 Å². The molecule has 21 heavy (non-hydrogen) atoms. The Kier molecular flexibility index (Phi) is 4.47. The van der Waals surface area contributed by atoms with Crippen molar-refractivity contribution < 1.29 is 14.3 Å². The van der Waals surface area contributed by atoms with E-state index in [9.17, 15) is 9.59 Å². The van der Waals surface area contributed by atoms with E-state index < -0.39 is 6.04 Å². The van der Waals surface area contributed by atoms with Gasteiger partial charge in [0.1, 0.15) is 12.3 Å². The summed E-state index contributed by atoms with van der Waals surface area (Å²) in [6, 6.07) is 6.70. The highest BCUT2D eigenvalue weighted by atomic mass is 16.5. The van der Waals surface area contributed by atoms with E-state index in [0.29, 0.717) is 0 Å². The molecule has 0 bridgehead atoms. The first-order chi connectivity index (χ1) is 9.88. The molecule has 1 saturated heterocycles. The second-order valence-electron chi connectivity index (χ2n) is 5.49. The van der Waals surface area contributed by atoms with Gasteiger partial charge >= 0.3 is 6.03 Å². The Morgan fingerprint density at radius 1 is 1.24 bits per heavy atom. The van der Waals surface area contributed by atoms with Crippen LogP contribution < -0.4 is 10.5 Å². The number of amides is 3. The van der Waals surface area contributed by atoms with Gasteiger partial charge in [-0.2, -0.15) is 0 Å². The largest absolute Gasteiger partial charge is 0.491 e. The highest BCUT2D eigenvalue weighted by Gasteiger charge is 2.34. The highest BCUT2D eigenvalue weighted by Crippen LogP contribution is 2.20. The highest BCUT2D eigenvalue weighted by molar-refractivity contribution is 6.01. The zero-order chi connectivity index (χ0) is 15.6. The molecule has 1 aromatic rings. The van der Waals surface area contributed by atoms with E-state index in [-0.39, 0.29) is 31.1 Å². The van der Waals surface area contributed by atoms with Gasteiger partial charge in [-0.1, -0.05) is 12.1 Å². The van der Waals surface area contributed by atoms with Crippen LogP contribution in [-0.4, -0.2) is 48.0 Å². The molecule has 1 aliphatic heterocycles. The summed E-state index contributed by atoms with van der Waals surface area (Å²) < 4.78 is 5.56. The Morgan fingerprint density at radius 2 is 1.86 bits per heavy atom. The van der Waals surface area contributed by atoms with Crippen molar-refractivity contribution in [1.82, 2.24) is 9.80 Å². The quantitative estimate of drug-likeness (QED) is 0.831. The van der Waals surface area contributed by atoms with Crippen molar-refractivity contribution in [2.24, 2.45) is 5.73 Å². The molecule has 1 fully saturated rings. The molecular weight excluding hydrogens is 270 g/mol. The lowest BCUT2D eigenvalue weighted by Crippen LogP contribution is -2.37. The van der Waals surface area contributed by atoms with E-state index in [1.165, 1.54) is 9.80 Å². The number of carbonyl (C=O) groups excluding carboxylic acids is 2. The number of carbonyl (C=O) groups is 2. The van der Waals surface area contributed by atoms with Crippen LogP contribution in [0, 0.1) is 0 Å². The molecule has 2 rings (SSSR count). The van der Waals surface area contributed by atoms with Gasteiger partial charge in [0.05, 0.1) is 6.10 Å². The number of imide groups is 1. The number of hydrogen-bond donors (Lipinski definition) is 1. The number of hydrogen-bond acceptors (Lipinski definition) is 4. The Hall–Kier alpha value is -2.08. The fraction of sp³-hybridized carbons (Fsp3) is 0.467. The van der Waals surface area contributed by atoms with E-state index in [1.807, 2.05) is 38.1 Å². The molecule has 1 unspecified atom stereocenters. The monoisotopic (exact) mass is 291 g/mol. The van der Waals surface area contributed by atoms with Crippen molar-refractivity contribution in [2.45, 2.75) is 26.0 Å². The van der Waals surface area contributed by atoms with Crippen LogP contribution in [0.4, 0.5) is 4.79 Å². The maximum atomic E-state index is 11.8. The third-order valence-corrected chi connectivity index (χ3v) is 3.29. The molecule has 3 amide bonds. The van der Waals surface area contributed by atoms with Crippen LogP contribution in [0.25, 0.3) is 0 Å². The first-order valence-electron chi connectivity index (χ1n) is 6.96. The minimum absolute atomic E-state index is 0.111. The van der Waals surface area contributed by atoms with Crippen LogP contribution in [0.1, 0.15) is 25.5 Å². The average molecular weight is 291 g/mol. The fourth-order valence-electron chi connectivity index (χ4n) is 2.22. The minimum atomic E-state index is -0.405. The average Bonchev–Trinajstić information content (AvgIpc) is 2.65. The Morgan fingerprint density at radius 3 is 2.33 bits per heavy atom. The summed E-state index contributed by atoms with van der Waals surface area (Å²) in [6.45, 7) is 4.22. The SMILES string of the molecule is CC(C)Oc1ccc(C(N)CN2C(=O)CN(C)C2=O)cc1. The lowest BCUT2D eigenvalue weighted by Gasteiger charge is -2.20. The van der Waals surface area contributed by atoms with Crippen LogP contribution in [0.2, 0.25) is 0 Å². The second kappa shape index (κ2) is 6.13. The molecule has 1 atom stereocenters. The summed E-state index contributed by atoms with van der Waals surface area (Å²) in [5.74, 6) is 0.562. The predicted octanol–water partition coefficient (Wildman–Crippen LogP) is 1.37. The lowest BCUT2D eigenvalue weighted by molar-refractivity contribution is -0.125. The number of ether oxygens (including phenoxy) is 1. The summed E-state index contributed by atoms with van der Waals surface area (Å²) in [5, 5.41) is 0. The van der Waals surface area contributed by atoms with Gasteiger partial charge in [-0.3, -0.25) is 9.69 Å². The molecule has 2 N–H and O–H groups in total. The van der Waals surface area contributed by atoms with E-state index in [2.05, 4.69) is 0 Å². The molecule has 6 nitrogen and oxygen atoms in total. The van der Waals surface area contributed by atoms with Crippen LogP contribution >= 0.6 is 0 Å². The van der Waals surface area contributed by atoms with Crippen LogP contribution in [0.15, 0.2) is 24.3 Å². The molecule has 0 saturated carbocycles.